The van der Waals surface area contributed by atoms with Gasteiger partial charge in [-0.3, -0.25) is 4.79 Å². The van der Waals surface area contributed by atoms with Crippen molar-refractivity contribution in [2.24, 2.45) is 5.92 Å². The molecule has 0 unspecified atom stereocenters. The van der Waals surface area contributed by atoms with Gasteiger partial charge in [-0.1, -0.05) is 39.2 Å². The van der Waals surface area contributed by atoms with Gasteiger partial charge in [0.05, 0.1) is 4.90 Å². The van der Waals surface area contributed by atoms with Crippen molar-refractivity contribution in [1.82, 2.24) is 4.31 Å². The maximum Gasteiger partial charge on any atom is 0.243 e. The lowest BCUT2D eigenvalue weighted by molar-refractivity contribution is -0.120. The van der Waals surface area contributed by atoms with E-state index in [-0.39, 0.29) is 16.7 Å². The summed E-state index contributed by atoms with van der Waals surface area (Å²) in [4.78, 5) is 12.7. The molecule has 1 aliphatic rings. The molecule has 0 bridgehead atoms. The first-order valence-electron chi connectivity index (χ1n) is 8.81. The zero-order chi connectivity index (χ0) is 17.7. The van der Waals surface area contributed by atoms with Gasteiger partial charge in [-0.25, -0.2) is 8.42 Å². The van der Waals surface area contributed by atoms with Crippen molar-refractivity contribution in [3.8, 4) is 0 Å². The molecule has 2 rings (SSSR count). The van der Waals surface area contributed by atoms with E-state index in [0.29, 0.717) is 24.3 Å². The summed E-state index contributed by atoms with van der Waals surface area (Å²) in [6.07, 6.45) is 5.21. The Kier molecular flexibility index (Phi) is 6.40. The Hall–Kier alpha value is -1.40. The van der Waals surface area contributed by atoms with Crippen LogP contribution in [0.15, 0.2) is 23.1 Å². The average molecular weight is 353 g/mol. The first-order chi connectivity index (χ1) is 11.4. The van der Waals surface area contributed by atoms with Crippen molar-refractivity contribution in [3.05, 3.63) is 23.8 Å². The molecule has 6 heteroatoms. The van der Waals surface area contributed by atoms with Crippen molar-refractivity contribution in [3.63, 3.8) is 0 Å². The van der Waals surface area contributed by atoms with Crippen LogP contribution >= 0.6 is 0 Å². The molecule has 0 radical (unpaired) electrons. The summed E-state index contributed by atoms with van der Waals surface area (Å²) in [6, 6.07) is 5.12. The van der Waals surface area contributed by atoms with Crippen molar-refractivity contribution >= 4 is 21.6 Å². The third kappa shape index (κ3) is 4.16. The molecule has 0 aromatic heterocycles. The highest BCUT2D eigenvalue weighted by Crippen LogP contribution is 2.27. The molecule has 134 valence electrons. The molecule has 0 saturated heterocycles. The van der Waals surface area contributed by atoms with Gasteiger partial charge in [-0.05, 0) is 37.5 Å². The van der Waals surface area contributed by atoms with Gasteiger partial charge in [0.15, 0.2) is 0 Å². The highest BCUT2D eigenvalue weighted by atomic mass is 32.2. The molecule has 1 aromatic rings. The Morgan fingerprint density at radius 1 is 1.17 bits per heavy atom. The molecule has 5 nitrogen and oxygen atoms in total. The van der Waals surface area contributed by atoms with Gasteiger partial charge < -0.3 is 5.32 Å². The number of hydrogen-bond donors (Lipinski definition) is 1. The van der Waals surface area contributed by atoms with E-state index >= 15 is 0 Å². The number of aryl methyl sites for hydroxylation is 1. The molecule has 0 spiro atoms. The van der Waals surface area contributed by atoms with E-state index in [4.69, 9.17) is 0 Å². The number of anilines is 1. The number of carbonyl (C=O) groups is 1. The van der Waals surface area contributed by atoms with E-state index in [1.807, 2.05) is 13.8 Å². The highest BCUT2D eigenvalue weighted by molar-refractivity contribution is 7.89. The summed E-state index contributed by atoms with van der Waals surface area (Å²) in [6.45, 7) is 6.28. The van der Waals surface area contributed by atoms with E-state index in [1.54, 1.807) is 25.1 Å². The van der Waals surface area contributed by atoms with Crippen LogP contribution in [-0.4, -0.2) is 31.7 Å². The Bertz CT molecular complexity index is 676. The summed E-state index contributed by atoms with van der Waals surface area (Å²) in [5.74, 6) is 0.0487. The molecule has 0 aliphatic heterocycles. The summed E-state index contributed by atoms with van der Waals surface area (Å²) >= 11 is 0. The second-order valence-corrected chi connectivity index (χ2v) is 8.30. The first kappa shape index (κ1) is 18.9. The quantitative estimate of drug-likeness (QED) is 0.851. The van der Waals surface area contributed by atoms with Crippen molar-refractivity contribution in [2.75, 3.05) is 18.4 Å². The van der Waals surface area contributed by atoms with Crippen LogP contribution in [0.1, 0.15) is 51.5 Å². The topological polar surface area (TPSA) is 66.5 Å². The number of nitrogens with zero attached hydrogens (tertiary/aromatic N) is 1. The molecular formula is C18H28N2O3S. The van der Waals surface area contributed by atoms with Crippen molar-refractivity contribution < 1.29 is 13.2 Å². The van der Waals surface area contributed by atoms with Crippen molar-refractivity contribution in [1.29, 1.82) is 0 Å². The molecule has 1 amide bonds. The van der Waals surface area contributed by atoms with E-state index in [1.165, 1.54) is 10.7 Å². The van der Waals surface area contributed by atoms with Crippen LogP contribution in [-0.2, 0) is 14.8 Å². The van der Waals surface area contributed by atoms with E-state index in [0.717, 1.165) is 25.7 Å². The zero-order valence-electron chi connectivity index (χ0n) is 14.8. The maximum atomic E-state index is 12.8. The van der Waals surface area contributed by atoms with E-state index in [9.17, 15) is 13.2 Å². The Labute approximate surface area is 145 Å². The SMILES string of the molecule is CCN(CC)S(=O)(=O)c1cc(NC(=O)C2CCCCC2)ccc1C. The van der Waals surface area contributed by atoms with Crippen LogP contribution in [0.5, 0.6) is 0 Å². The molecule has 24 heavy (non-hydrogen) atoms. The standard InChI is InChI=1S/C18H28N2O3S/c1-4-20(5-2)24(22,23)17-13-16(12-11-14(17)3)19-18(21)15-9-7-6-8-10-15/h11-13,15H,4-10H2,1-3H3,(H,19,21). The minimum absolute atomic E-state index is 0.00439. The Morgan fingerprint density at radius 3 is 2.38 bits per heavy atom. The second-order valence-electron chi connectivity index (χ2n) is 6.39. The number of benzene rings is 1. The fourth-order valence-electron chi connectivity index (χ4n) is 3.27. The fraction of sp³-hybridized carbons (Fsp3) is 0.611. The lowest BCUT2D eigenvalue weighted by Crippen LogP contribution is -2.31. The zero-order valence-corrected chi connectivity index (χ0v) is 15.7. The second kappa shape index (κ2) is 8.12. The van der Waals surface area contributed by atoms with Gasteiger partial charge >= 0.3 is 0 Å². The average Bonchev–Trinajstić information content (AvgIpc) is 2.58. The number of carbonyl (C=O) groups excluding carboxylic acids is 1. The molecule has 1 fully saturated rings. The number of rotatable bonds is 6. The van der Waals surface area contributed by atoms with Crippen LogP contribution in [0.4, 0.5) is 5.69 Å². The van der Waals surface area contributed by atoms with Crippen LogP contribution in [0.2, 0.25) is 0 Å². The summed E-state index contributed by atoms with van der Waals surface area (Å²) in [5.41, 5.74) is 1.25. The molecule has 1 aromatic carbocycles. The summed E-state index contributed by atoms with van der Waals surface area (Å²) in [5, 5.41) is 2.90. The van der Waals surface area contributed by atoms with Gasteiger partial charge in [0.25, 0.3) is 0 Å². The van der Waals surface area contributed by atoms with Gasteiger partial charge in [-0.15, -0.1) is 0 Å². The van der Waals surface area contributed by atoms with E-state index < -0.39 is 10.0 Å². The number of sulfonamides is 1. The van der Waals surface area contributed by atoms with Gasteiger partial charge in [0.1, 0.15) is 0 Å². The minimum atomic E-state index is -3.53. The lowest BCUT2D eigenvalue weighted by Gasteiger charge is -2.22. The number of hydrogen-bond acceptors (Lipinski definition) is 3. The third-order valence-corrected chi connectivity index (χ3v) is 6.95. The van der Waals surface area contributed by atoms with Gasteiger partial charge in [0, 0.05) is 24.7 Å². The smallest absolute Gasteiger partial charge is 0.243 e. The largest absolute Gasteiger partial charge is 0.326 e. The molecule has 1 saturated carbocycles. The molecule has 1 N–H and O–H groups in total. The van der Waals surface area contributed by atoms with E-state index in [2.05, 4.69) is 5.32 Å². The van der Waals surface area contributed by atoms with Crippen LogP contribution in [0.3, 0.4) is 0 Å². The predicted octanol–water partition coefficient (Wildman–Crippen LogP) is 3.54. The summed E-state index contributed by atoms with van der Waals surface area (Å²) < 4.78 is 27.0. The Balaban J connectivity index is 2.23. The van der Waals surface area contributed by atoms with Crippen LogP contribution in [0.25, 0.3) is 0 Å². The number of amides is 1. The maximum absolute atomic E-state index is 12.8. The van der Waals surface area contributed by atoms with Crippen molar-refractivity contribution in [2.45, 2.75) is 57.8 Å². The summed E-state index contributed by atoms with van der Waals surface area (Å²) in [7, 11) is -3.53. The molecular weight excluding hydrogens is 324 g/mol. The lowest BCUT2D eigenvalue weighted by atomic mass is 9.88. The molecule has 1 aliphatic carbocycles. The number of nitrogens with one attached hydrogen (secondary N) is 1. The Morgan fingerprint density at radius 2 is 1.79 bits per heavy atom. The van der Waals surface area contributed by atoms with Crippen LogP contribution < -0.4 is 5.32 Å². The fourth-order valence-corrected chi connectivity index (χ4v) is 4.98. The predicted molar refractivity (Wildman–Crippen MR) is 96.5 cm³/mol. The molecule has 0 heterocycles. The highest BCUT2D eigenvalue weighted by Gasteiger charge is 2.25. The van der Waals surface area contributed by atoms with Gasteiger partial charge in [-0.2, -0.15) is 4.31 Å². The first-order valence-corrected chi connectivity index (χ1v) is 10.3. The van der Waals surface area contributed by atoms with Gasteiger partial charge in [0.2, 0.25) is 15.9 Å². The van der Waals surface area contributed by atoms with Crippen LogP contribution in [0, 0.1) is 12.8 Å². The molecule has 0 atom stereocenters. The normalized spacial score (nSPS) is 16.3. The monoisotopic (exact) mass is 352 g/mol. The third-order valence-electron chi connectivity index (χ3n) is 4.75. The minimum Gasteiger partial charge on any atom is -0.326 e.